The number of nitrogens with zero attached hydrogens (tertiary/aromatic N) is 1. The Bertz CT molecular complexity index is 1330. The summed E-state index contributed by atoms with van der Waals surface area (Å²) < 4.78 is 39.1. The lowest BCUT2D eigenvalue weighted by molar-refractivity contribution is -0.120. The Kier molecular flexibility index (Phi) is 8.86. The second-order valence-corrected chi connectivity index (χ2v) is 11.3. The van der Waals surface area contributed by atoms with Crippen molar-refractivity contribution in [2.75, 3.05) is 25.1 Å². The topological polar surface area (TPSA) is 84.9 Å². The number of carbonyl (C=O) groups excluding carboxylic acids is 1. The molecule has 8 heteroatoms. The molecule has 0 saturated heterocycles. The summed E-state index contributed by atoms with van der Waals surface area (Å²) in [5.74, 6) is 1.22. The van der Waals surface area contributed by atoms with Crippen LogP contribution in [0, 0.1) is 13.8 Å². The molecule has 0 heterocycles. The van der Waals surface area contributed by atoms with E-state index in [0.717, 1.165) is 32.3 Å². The van der Waals surface area contributed by atoms with Gasteiger partial charge in [0.15, 0.2) is 0 Å². The molecule has 0 unspecified atom stereocenters. The molecule has 0 aliphatic rings. The van der Waals surface area contributed by atoms with Crippen molar-refractivity contribution in [3.63, 3.8) is 0 Å². The van der Waals surface area contributed by atoms with E-state index in [1.807, 2.05) is 32.9 Å². The lowest BCUT2D eigenvalue weighted by Gasteiger charge is -2.26. The molecule has 0 radical (unpaired) electrons. The lowest BCUT2D eigenvalue weighted by atomic mass is 9.93. The van der Waals surface area contributed by atoms with Crippen LogP contribution in [0.25, 0.3) is 0 Å². The number of rotatable bonds is 10. The number of methoxy groups -OCH3 is 2. The number of anilines is 1. The van der Waals surface area contributed by atoms with Crippen molar-refractivity contribution in [2.45, 2.75) is 51.5 Å². The first-order chi connectivity index (χ1) is 17.5. The molecule has 1 amide bonds. The van der Waals surface area contributed by atoms with Crippen molar-refractivity contribution in [3.8, 4) is 11.5 Å². The predicted octanol–water partition coefficient (Wildman–Crippen LogP) is 5.52. The molecule has 3 aromatic rings. The van der Waals surface area contributed by atoms with E-state index in [2.05, 4.69) is 19.2 Å². The lowest BCUT2D eigenvalue weighted by Crippen LogP contribution is -2.41. The molecule has 0 aliphatic heterocycles. The maximum Gasteiger partial charge on any atom is 0.264 e. The van der Waals surface area contributed by atoms with Crippen molar-refractivity contribution in [1.29, 1.82) is 0 Å². The molecule has 0 fully saturated rings. The highest BCUT2D eigenvalue weighted by atomic mass is 32.2. The zero-order valence-electron chi connectivity index (χ0n) is 22.5. The van der Waals surface area contributed by atoms with Crippen LogP contribution in [0.1, 0.15) is 55.0 Å². The Labute approximate surface area is 220 Å². The molecule has 0 spiro atoms. The summed E-state index contributed by atoms with van der Waals surface area (Å²) in [5, 5.41) is 2.99. The number of hydrogen-bond acceptors (Lipinski definition) is 5. The molecule has 0 aliphatic carbocycles. The highest BCUT2D eigenvalue weighted by Crippen LogP contribution is 2.32. The van der Waals surface area contributed by atoms with Crippen LogP contribution >= 0.6 is 0 Å². The van der Waals surface area contributed by atoms with Gasteiger partial charge in [0.2, 0.25) is 5.91 Å². The summed E-state index contributed by atoms with van der Waals surface area (Å²) in [7, 11) is -0.821. The second-order valence-electron chi connectivity index (χ2n) is 9.42. The number of nitrogens with one attached hydrogen (secondary N) is 1. The third-order valence-corrected chi connectivity index (χ3v) is 8.13. The summed E-state index contributed by atoms with van der Waals surface area (Å²) in [6.45, 7) is 9.54. The van der Waals surface area contributed by atoms with E-state index in [1.165, 1.54) is 7.11 Å². The van der Waals surface area contributed by atoms with Gasteiger partial charge in [-0.05, 0) is 91.9 Å². The first-order valence-electron chi connectivity index (χ1n) is 12.2. The normalized spacial score (nSPS) is 12.2. The molecule has 7 nitrogen and oxygen atoms in total. The zero-order chi connectivity index (χ0) is 27.3. The summed E-state index contributed by atoms with van der Waals surface area (Å²) in [4.78, 5) is 13.4. The van der Waals surface area contributed by atoms with Gasteiger partial charge in [0.05, 0.1) is 30.8 Å². The average Bonchev–Trinajstić information content (AvgIpc) is 2.87. The summed E-state index contributed by atoms with van der Waals surface area (Å²) in [6.07, 6.45) is 0. The minimum Gasteiger partial charge on any atom is -0.497 e. The summed E-state index contributed by atoms with van der Waals surface area (Å²) in [6, 6.07) is 16.9. The zero-order valence-corrected chi connectivity index (χ0v) is 23.3. The summed E-state index contributed by atoms with van der Waals surface area (Å²) in [5.41, 5.74) is 4.29. The van der Waals surface area contributed by atoms with Gasteiger partial charge in [0, 0.05) is 0 Å². The Hall–Kier alpha value is -3.52. The van der Waals surface area contributed by atoms with Crippen LogP contribution in [0.2, 0.25) is 0 Å². The average molecular weight is 525 g/mol. The fourth-order valence-corrected chi connectivity index (χ4v) is 5.63. The first kappa shape index (κ1) is 28.1. The Morgan fingerprint density at radius 1 is 0.892 bits per heavy atom. The quantitative estimate of drug-likeness (QED) is 0.378. The van der Waals surface area contributed by atoms with Gasteiger partial charge in [-0.25, -0.2) is 8.42 Å². The third-order valence-electron chi connectivity index (χ3n) is 6.34. The minimum atomic E-state index is -4.01. The molecular formula is C29H36N2O5S. The molecule has 3 aromatic carbocycles. The van der Waals surface area contributed by atoms with Gasteiger partial charge >= 0.3 is 0 Å². The molecule has 1 N–H and O–H groups in total. The Morgan fingerprint density at radius 2 is 1.51 bits per heavy atom. The molecule has 37 heavy (non-hydrogen) atoms. The Balaban J connectivity index is 1.92. The molecular weight excluding hydrogens is 488 g/mol. The van der Waals surface area contributed by atoms with Gasteiger partial charge < -0.3 is 14.8 Å². The second kappa shape index (κ2) is 11.7. The monoisotopic (exact) mass is 524 g/mol. The molecule has 3 rings (SSSR count). The highest BCUT2D eigenvalue weighted by Gasteiger charge is 2.28. The van der Waals surface area contributed by atoms with E-state index in [0.29, 0.717) is 11.4 Å². The molecule has 0 saturated carbocycles. The van der Waals surface area contributed by atoms with Gasteiger partial charge in [-0.3, -0.25) is 9.10 Å². The largest absolute Gasteiger partial charge is 0.497 e. The van der Waals surface area contributed by atoms with E-state index < -0.39 is 15.9 Å². The van der Waals surface area contributed by atoms with Gasteiger partial charge in [0.25, 0.3) is 10.0 Å². The number of ether oxygens (including phenoxy) is 2. The van der Waals surface area contributed by atoms with Crippen molar-refractivity contribution in [2.24, 2.45) is 0 Å². The van der Waals surface area contributed by atoms with Crippen LogP contribution in [-0.2, 0) is 14.8 Å². The van der Waals surface area contributed by atoms with Gasteiger partial charge in [0.1, 0.15) is 18.0 Å². The van der Waals surface area contributed by atoms with E-state index in [-0.39, 0.29) is 23.4 Å². The van der Waals surface area contributed by atoms with E-state index in [4.69, 9.17) is 9.47 Å². The van der Waals surface area contributed by atoms with Crippen molar-refractivity contribution in [3.05, 3.63) is 82.9 Å². The number of carbonyl (C=O) groups is 1. The van der Waals surface area contributed by atoms with Gasteiger partial charge in [-0.1, -0.05) is 31.5 Å². The number of sulfonamides is 1. The maximum absolute atomic E-state index is 13.6. The van der Waals surface area contributed by atoms with Crippen LogP contribution in [-0.4, -0.2) is 35.1 Å². The maximum atomic E-state index is 13.6. The highest BCUT2D eigenvalue weighted by molar-refractivity contribution is 7.92. The standard InChI is InChI=1S/C29H36N2O5S/c1-19(2)26-17-27(21(4)16-28(26)36-7)22(5)30-29(32)18-31(23-10-12-24(35-6)13-11-23)37(33,34)25-14-8-20(3)9-15-25/h8-17,19,22H,18H2,1-7H3,(H,30,32)/t22-/m0/s1. The fourth-order valence-electron chi connectivity index (χ4n) is 4.21. The van der Waals surface area contributed by atoms with Crippen molar-refractivity contribution < 1.29 is 22.7 Å². The van der Waals surface area contributed by atoms with Gasteiger partial charge in [-0.2, -0.15) is 0 Å². The fraction of sp³-hybridized carbons (Fsp3) is 0.345. The van der Waals surface area contributed by atoms with E-state index in [1.54, 1.807) is 55.6 Å². The van der Waals surface area contributed by atoms with Crippen LogP contribution < -0.4 is 19.1 Å². The van der Waals surface area contributed by atoms with Crippen LogP contribution in [0.4, 0.5) is 5.69 Å². The molecule has 0 aromatic heterocycles. The molecule has 1 atom stereocenters. The number of amides is 1. The number of aryl methyl sites for hydroxylation is 2. The number of benzene rings is 3. The van der Waals surface area contributed by atoms with Crippen LogP contribution in [0.5, 0.6) is 11.5 Å². The van der Waals surface area contributed by atoms with Crippen molar-refractivity contribution >= 4 is 21.6 Å². The smallest absolute Gasteiger partial charge is 0.264 e. The first-order valence-corrected chi connectivity index (χ1v) is 13.6. The van der Waals surface area contributed by atoms with E-state index >= 15 is 0 Å². The SMILES string of the molecule is COc1ccc(N(CC(=O)N[C@@H](C)c2cc(C(C)C)c(OC)cc2C)S(=O)(=O)c2ccc(C)cc2)cc1. The molecule has 198 valence electrons. The van der Waals surface area contributed by atoms with Crippen LogP contribution in [0.3, 0.4) is 0 Å². The minimum absolute atomic E-state index is 0.113. The Morgan fingerprint density at radius 3 is 2.05 bits per heavy atom. The van der Waals surface area contributed by atoms with Crippen LogP contribution in [0.15, 0.2) is 65.6 Å². The molecule has 0 bridgehead atoms. The summed E-state index contributed by atoms with van der Waals surface area (Å²) >= 11 is 0. The third kappa shape index (κ3) is 6.43. The number of hydrogen-bond donors (Lipinski definition) is 1. The van der Waals surface area contributed by atoms with Gasteiger partial charge in [-0.15, -0.1) is 0 Å². The van der Waals surface area contributed by atoms with Crippen molar-refractivity contribution in [1.82, 2.24) is 5.32 Å². The predicted molar refractivity (Wildman–Crippen MR) is 147 cm³/mol. The van der Waals surface area contributed by atoms with E-state index in [9.17, 15) is 13.2 Å².